The molecule has 0 saturated heterocycles. The van der Waals surface area contributed by atoms with Crippen LogP contribution in [0.15, 0.2) is 53.6 Å². The molecule has 0 spiro atoms. The van der Waals surface area contributed by atoms with E-state index in [1.807, 2.05) is 21.0 Å². The Morgan fingerprint density at radius 3 is 1.88 bits per heavy atom. The van der Waals surface area contributed by atoms with E-state index in [9.17, 15) is 13.2 Å². The van der Waals surface area contributed by atoms with Crippen LogP contribution < -0.4 is 9.47 Å². The van der Waals surface area contributed by atoms with Crippen LogP contribution >= 0.6 is 0 Å². The summed E-state index contributed by atoms with van der Waals surface area (Å²) in [7, 11) is 3.66. The average Bonchev–Trinajstić information content (AvgIpc) is 2.53. The first-order valence-electron chi connectivity index (χ1n) is 7.53. The quantitative estimate of drug-likeness (QED) is 0.552. The number of hydrogen-bond donors (Lipinski definition) is 0. The first-order valence-corrected chi connectivity index (χ1v) is 7.53. The van der Waals surface area contributed by atoms with Crippen molar-refractivity contribution in [2.24, 2.45) is 5.10 Å². The van der Waals surface area contributed by atoms with Gasteiger partial charge in [0.1, 0.15) is 23.9 Å². The van der Waals surface area contributed by atoms with Crippen LogP contribution in [0.2, 0.25) is 0 Å². The van der Waals surface area contributed by atoms with Gasteiger partial charge in [-0.3, -0.25) is 0 Å². The molecule has 0 amide bonds. The molecule has 0 fully saturated rings. The molecule has 0 aromatic heterocycles. The number of nitrogens with zero attached hydrogens (tertiary/aromatic N) is 2. The van der Waals surface area contributed by atoms with Crippen LogP contribution in [-0.4, -0.2) is 31.4 Å². The van der Waals surface area contributed by atoms with Crippen LogP contribution in [0.1, 0.15) is 12.5 Å². The lowest BCUT2D eigenvalue weighted by molar-refractivity contribution is -0.137. The van der Waals surface area contributed by atoms with Crippen LogP contribution in [-0.2, 0) is 6.18 Å². The van der Waals surface area contributed by atoms with Crippen molar-refractivity contribution in [1.29, 1.82) is 0 Å². The Kier molecular flexibility index (Phi) is 5.90. The van der Waals surface area contributed by atoms with Crippen molar-refractivity contribution >= 4 is 5.71 Å². The minimum absolute atomic E-state index is 0.329. The molecule has 0 N–H and O–H groups in total. The third-order valence-electron chi connectivity index (χ3n) is 3.06. The summed E-state index contributed by atoms with van der Waals surface area (Å²) >= 11 is 0. The molecule has 0 aliphatic carbocycles. The molecule has 0 bridgehead atoms. The first-order chi connectivity index (χ1) is 11.7. The zero-order chi connectivity index (χ0) is 18.4. The smallest absolute Gasteiger partial charge is 0.416 e. The van der Waals surface area contributed by atoms with Crippen LogP contribution in [0.5, 0.6) is 17.2 Å². The molecule has 2 aromatic carbocycles. The van der Waals surface area contributed by atoms with Gasteiger partial charge in [-0.2, -0.15) is 18.3 Å². The molecule has 0 aliphatic rings. The van der Waals surface area contributed by atoms with Gasteiger partial charge in [-0.05, 0) is 55.5 Å². The Hall–Kier alpha value is -2.70. The Morgan fingerprint density at radius 1 is 0.920 bits per heavy atom. The molecule has 0 aliphatic heterocycles. The highest BCUT2D eigenvalue weighted by molar-refractivity contribution is 5.83. The Labute approximate surface area is 144 Å². The molecular weight excluding hydrogens is 333 g/mol. The van der Waals surface area contributed by atoms with Crippen LogP contribution in [0.4, 0.5) is 13.2 Å². The van der Waals surface area contributed by atoms with E-state index in [0.717, 1.165) is 17.8 Å². The predicted octanol–water partition coefficient (Wildman–Crippen LogP) is 4.81. The molecule has 134 valence electrons. The number of rotatable bonds is 6. The summed E-state index contributed by atoms with van der Waals surface area (Å²) < 4.78 is 48.7. The van der Waals surface area contributed by atoms with Gasteiger partial charge in [0.05, 0.1) is 11.3 Å². The second-order valence-corrected chi connectivity index (χ2v) is 5.57. The fourth-order valence-corrected chi connectivity index (χ4v) is 2.01. The minimum atomic E-state index is -4.36. The highest BCUT2D eigenvalue weighted by Crippen LogP contribution is 2.31. The normalized spacial score (nSPS) is 12.0. The summed E-state index contributed by atoms with van der Waals surface area (Å²) in [5, 5.41) is 5.90. The maximum Gasteiger partial charge on any atom is 0.416 e. The molecular formula is C18H19F3N2O2. The van der Waals surface area contributed by atoms with Crippen molar-refractivity contribution in [3.8, 4) is 17.2 Å². The molecule has 4 nitrogen and oxygen atoms in total. The highest BCUT2D eigenvalue weighted by atomic mass is 19.4. The number of benzene rings is 2. The standard InChI is InChI=1S/C18H19F3N2O2/c1-13(22-23(2)3)12-24-15-8-10-17(11-9-15)25-16-6-4-14(5-7-16)18(19,20)21/h4-11H,12H2,1-3H3. The molecule has 0 radical (unpaired) electrons. The lowest BCUT2D eigenvalue weighted by Gasteiger charge is -2.11. The van der Waals surface area contributed by atoms with Crippen molar-refractivity contribution in [2.45, 2.75) is 13.1 Å². The maximum atomic E-state index is 12.5. The zero-order valence-corrected chi connectivity index (χ0v) is 14.2. The molecule has 2 aromatic rings. The molecule has 0 saturated carbocycles. The fraction of sp³-hybridized carbons (Fsp3) is 0.278. The van der Waals surface area contributed by atoms with Gasteiger partial charge in [0.15, 0.2) is 0 Å². The predicted molar refractivity (Wildman–Crippen MR) is 90.3 cm³/mol. The lowest BCUT2D eigenvalue weighted by Crippen LogP contribution is -2.13. The maximum absolute atomic E-state index is 12.5. The van der Waals surface area contributed by atoms with E-state index in [1.54, 1.807) is 29.3 Å². The molecule has 7 heteroatoms. The molecule has 0 unspecified atom stereocenters. The third kappa shape index (κ3) is 6.02. The number of hydrazone groups is 1. The van der Waals surface area contributed by atoms with Crippen molar-refractivity contribution in [3.63, 3.8) is 0 Å². The van der Waals surface area contributed by atoms with Gasteiger partial charge in [0.2, 0.25) is 0 Å². The van der Waals surface area contributed by atoms with Gasteiger partial charge in [-0.25, -0.2) is 0 Å². The number of ether oxygens (including phenoxy) is 2. The van der Waals surface area contributed by atoms with Crippen molar-refractivity contribution < 1.29 is 22.6 Å². The average molecular weight is 352 g/mol. The third-order valence-corrected chi connectivity index (χ3v) is 3.06. The van der Waals surface area contributed by atoms with Gasteiger partial charge in [-0.15, -0.1) is 0 Å². The first kappa shape index (κ1) is 18.6. The fourth-order valence-electron chi connectivity index (χ4n) is 2.01. The van der Waals surface area contributed by atoms with Gasteiger partial charge in [0, 0.05) is 14.1 Å². The summed E-state index contributed by atoms with van der Waals surface area (Å²) in [5.41, 5.74) is 0.119. The summed E-state index contributed by atoms with van der Waals surface area (Å²) in [5.74, 6) is 1.48. The Morgan fingerprint density at radius 2 is 1.40 bits per heavy atom. The van der Waals surface area contributed by atoms with E-state index in [-0.39, 0.29) is 0 Å². The number of alkyl halides is 3. The monoisotopic (exact) mass is 352 g/mol. The molecule has 2 rings (SSSR count). The van der Waals surface area contributed by atoms with E-state index in [0.29, 0.717) is 23.9 Å². The summed E-state index contributed by atoms with van der Waals surface area (Å²) in [6.45, 7) is 2.22. The second-order valence-electron chi connectivity index (χ2n) is 5.57. The van der Waals surface area contributed by atoms with Crippen LogP contribution in [0.25, 0.3) is 0 Å². The van der Waals surface area contributed by atoms with Gasteiger partial charge < -0.3 is 14.5 Å². The molecule has 0 atom stereocenters. The topological polar surface area (TPSA) is 34.1 Å². The highest BCUT2D eigenvalue weighted by Gasteiger charge is 2.30. The zero-order valence-electron chi connectivity index (χ0n) is 14.2. The van der Waals surface area contributed by atoms with Crippen LogP contribution in [0, 0.1) is 0 Å². The Balaban J connectivity index is 1.94. The van der Waals surface area contributed by atoms with Crippen molar-refractivity contribution in [2.75, 3.05) is 20.7 Å². The van der Waals surface area contributed by atoms with E-state index in [4.69, 9.17) is 9.47 Å². The van der Waals surface area contributed by atoms with Gasteiger partial charge >= 0.3 is 6.18 Å². The van der Waals surface area contributed by atoms with E-state index >= 15 is 0 Å². The molecule has 25 heavy (non-hydrogen) atoms. The Bertz CT molecular complexity index is 709. The largest absolute Gasteiger partial charge is 0.488 e. The number of hydrogen-bond acceptors (Lipinski definition) is 4. The summed E-state index contributed by atoms with van der Waals surface area (Å²) in [6, 6.07) is 11.4. The summed E-state index contributed by atoms with van der Waals surface area (Å²) in [4.78, 5) is 0. The van der Waals surface area contributed by atoms with Crippen molar-refractivity contribution in [3.05, 3.63) is 54.1 Å². The summed E-state index contributed by atoms with van der Waals surface area (Å²) in [6.07, 6.45) is -4.36. The lowest BCUT2D eigenvalue weighted by atomic mass is 10.2. The number of halogens is 3. The SMILES string of the molecule is CC(COc1ccc(Oc2ccc(C(F)(F)F)cc2)cc1)=NN(C)C. The van der Waals surface area contributed by atoms with Crippen LogP contribution in [0.3, 0.4) is 0 Å². The van der Waals surface area contributed by atoms with Crippen molar-refractivity contribution in [1.82, 2.24) is 5.01 Å². The minimum Gasteiger partial charge on any atom is -0.488 e. The molecule has 0 heterocycles. The second kappa shape index (κ2) is 7.92. The van der Waals surface area contributed by atoms with E-state index in [2.05, 4.69) is 5.10 Å². The van der Waals surface area contributed by atoms with Gasteiger partial charge in [0.25, 0.3) is 0 Å². The van der Waals surface area contributed by atoms with E-state index in [1.165, 1.54) is 12.1 Å². The van der Waals surface area contributed by atoms with E-state index < -0.39 is 11.7 Å². The van der Waals surface area contributed by atoms with Gasteiger partial charge in [-0.1, -0.05) is 0 Å².